The lowest BCUT2D eigenvalue weighted by Crippen LogP contribution is -2.70. The first-order valence-electron chi connectivity index (χ1n) is 24.6. The van der Waals surface area contributed by atoms with E-state index in [2.05, 4.69) is 43.0 Å². The van der Waals surface area contributed by atoms with Crippen LogP contribution in [0.2, 0.25) is 0 Å². The molecule has 0 radical (unpaired) electrons. The summed E-state index contributed by atoms with van der Waals surface area (Å²) in [6.07, 6.45) is 15.1. The van der Waals surface area contributed by atoms with Crippen molar-refractivity contribution in [3.8, 4) is 39.9 Å². The average Bonchev–Trinajstić information content (AvgIpc) is 4.07. The molecule has 0 bridgehead atoms. The second-order valence-electron chi connectivity index (χ2n) is 18.8. The van der Waals surface area contributed by atoms with Gasteiger partial charge in [0.05, 0.1) is 18.2 Å². The Hall–Kier alpha value is -5.62. The van der Waals surface area contributed by atoms with Gasteiger partial charge >= 0.3 is 0 Å². The van der Waals surface area contributed by atoms with Crippen LogP contribution in [-0.4, -0.2) is 72.3 Å². The fourth-order valence-corrected chi connectivity index (χ4v) is 11.7. The summed E-state index contributed by atoms with van der Waals surface area (Å²) in [6.45, 7) is 4.96. The van der Waals surface area contributed by atoms with E-state index in [0.717, 1.165) is 78.5 Å². The third-order valence-corrected chi connectivity index (χ3v) is 14.8. The molecule has 11 nitrogen and oxygen atoms in total. The summed E-state index contributed by atoms with van der Waals surface area (Å²) in [7, 11) is 1.58. The minimum atomic E-state index is -1.37. The number of aliphatic hydroxyl groups excluding tert-OH is 2. The van der Waals surface area contributed by atoms with Crippen molar-refractivity contribution in [2.45, 2.75) is 108 Å². The summed E-state index contributed by atoms with van der Waals surface area (Å²) in [6, 6.07) is 29.8. The number of rotatable bonds is 21. The van der Waals surface area contributed by atoms with Crippen molar-refractivity contribution >= 4 is 11.6 Å². The molecule has 0 aromatic heterocycles. The van der Waals surface area contributed by atoms with Crippen molar-refractivity contribution in [2.24, 2.45) is 28.8 Å². The normalized spacial score (nSPS) is 24.3. The number of nitrogens with zero attached hydrogens (tertiary/aromatic N) is 2. The van der Waals surface area contributed by atoms with Gasteiger partial charge in [-0.1, -0.05) is 104 Å². The lowest BCUT2D eigenvalue weighted by Gasteiger charge is -2.60. The quantitative estimate of drug-likeness (QED) is 0.0477. The summed E-state index contributed by atoms with van der Waals surface area (Å²) in [4.78, 5) is 22.9. The zero-order valence-corrected chi connectivity index (χ0v) is 38.9. The predicted molar refractivity (Wildman–Crippen MR) is 258 cm³/mol. The summed E-state index contributed by atoms with van der Waals surface area (Å²) in [5, 5.41) is 24.8. The first kappa shape index (κ1) is 46.5. The molecule has 67 heavy (non-hydrogen) atoms. The number of allylic oxidation sites excluding steroid dienone is 1. The molecule has 6 atom stereocenters. The number of hydrogen-bond acceptors (Lipinski definition) is 10. The zero-order chi connectivity index (χ0) is 46.2. The molecular weight excluding hydrogens is 845 g/mol. The molecule has 11 heteroatoms. The van der Waals surface area contributed by atoms with Crippen LogP contribution in [0.5, 0.6) is 28.7 Å². The van der Waals surface area contributed by atoms with Crippen molar-refractivity contribution < 1.29 is 43.5 Å². The standard InChI is InChI=1S/C56H66N2O9/c1-3-31-65-56-52(58(53(61)28-20-38-13-7-8-14-38)36-39-19-26-50-51(32-39)64-37-63-50)35-48(57-62-2)46-33-42(17-9-11-29-59)45(18-10-12-30-60)54(55(46)56)47-34-44(25-27-49(47)67-56)66-43-23-21-41(22-24-43)40-15-5-4-6-16-40/h3-6,15-16,19,21-27,32-34,38,42,45,52,54-55,59-60H,1,7-14,17-18,20,28-31,35-37H2,2H3/t42-,45+,52-,54+,55+,56+/m0/s1. The van der Waals surface area contributed by atoms with Gasteiger partial charge in [0, 0.05) is 44.1 Å². The van der Waals surface area contributed by atoms with E-state index >= 15 is 4.79 Å². The van der Waals surface area contributed by atoms with E-state index in [0.29, 0.717) is 60.3 Å². The Kier molecular flexibility index (Phi) is 15.0. The number of oxime groups is 1. The lowest BCUT2D eigenvalue weighted by atomic mass is 9.55. The van der Waals surface area contributed by atoms with Crippen LogP contribution in [-0.2, 0) is 20.9 Å². The Bertz CT molecular complexity index is 2380. The van der Waals surface area contributed by atoms with E-state index in [1.54, 1.807) is 13.2 Å². The van der Waals surface area contributed by atoms with Crippen LogP contribution in [0.1, 0.15) is 101 Å². The molecule has 354 valence electrons. The van der Waals surface area contributed by atoms with E-state index in [4.69, 9.17) is 33.7 Å². The minimum absolute atomic E-state index is 0.0329. The molecule has 2 fully saturated rings. The summed E-state index contributed by atoms with van der Waals surface area (Å²) >= 11 is 0. The van der Waals surface area contributed by atoms with Gasteiger partial charge in [0.2, 0.25) is 18.5 Å². The fraction of sp³-hybridized carbons (Fsp3) is 0.464. The summed E-state index contributed by atoms with van der Waals surface area (Å²) in [5.74, 6) is 2.18. The van der Waals surface area contributed by atoms with E-state index in [1.165, 1.54) is 12.8 Å². The van der Waals surface area contributed by atoms with Gasteiger partial charge in [-0.15, -0.1) is 6.58 Å². The van der Waals surface area contributed by atoms with Crippen LogP contribution < -0.4 is 18.9 Å². The molecule has 0 spiro atoms. The number of benzene rings is 4. The molecule has 1 amide bonds. The molecule has 2 heterocycles. The summed E-state index contributed by atoms with van der Waals surface area (Å²) in [5.41, 5.74) is 5.90. The molecular formula is C56H66N2O9. The van der Waals surface area contributed by atoms with Gasteiger partial charge in [0.1, 0.15) is 30.4 Å². The van der Waals surface area contributed by atoms with Gasteiger partial charge in [-0.3, -0.25) is 4.79 Å². The second kappa shape index (κ2) is 21.6. The molecule has 2 aliphatic heterocycles. The van der Waals surface area contributed by atoms with Gasteiger partial charge in [0.25, 0.3) is 0 Å². The highest BCUT2D eigenvalue weighted by Gasteiger charge is 2.65. The highest BCUT2D eigenvalue weighted by Crippen LogP contribution is 2.62. The van der Waals surface area contributed by atoms with Crippen LogP contribution in [0.25, 0.3) is 11.1 Å². The van der Waals surface area contributed by atoms with Crippen LogP contribution in [0.15, 0.2) is 120 Å². The maximum Gasteiger partial charge on any atom is 0.239 e. The van der Waals surface area contributed by atoms with E-state index in [1.807, 2.05) is 65.6 Å². The van der Waals surface area contributed by atoms with Crippen LogP contribution >= 0.6 is 0 Å². The van der Waals surface area contributed by atoms with Crippen molar-refractivity contribution in [1.29, 1.82) is 0 Å². The smallest absolute Gasteiger partial charge is 0.239 e. The Balaban J connectivity index is 1.18. The van der Waals surface area contributed by atoms with Gasteiger partial charge < -0.3 is 43.6 Å². The Labute approximate surface area is 395 Å². The third kappa shape index (κ3) is 10.0. The first-order chi connectivity index (χ1) is 32.9. The maximum absolute atomic E-state index is 15.2. The van der Waals surface area contributed by atoms with Crippen LogP contribution in [0.4, 0.5) is 0 Å². The zero-order valence-electron chi connectivity index (χ0n) is 38.9. The van der Waals surface area contributed by atoms with Crippen LogP contribution in [0, 0.1) is 23.7 Å². The van der Waals surface area contributed by atoms with Gasteiger partial charge in [-0.05, 0) is 115 Å². The number of carbonyl (C=O) groups excluding carboxylic acids is 1. The number of fused-ring (bicyclic) bond motifs is 3. The number of unbranched alkanes of at least 4 members (excludes halogenated alkanes) is 2. The molecule has 4 aromatic rings. The predicted octanol–water partition coefficient (Wildman–Crippen LogP) is 11.1. The molecule has 2 saturated carbocycles. The molecule has 0 saturated heterocycles. The molecule has 3 aliphatic carbocycles. The van der Waals surface area contributed by atoms with Gasteiger partial charge in [-0.2, -0.15) is 0 Å². The Morgan fingerprint density at radius 1 is 0.851 bits per heavy atom. The second-order valence-corrected chi connectivity index (χ2v) is 18.8. The monoisotopic (exact) mass is 910 g/mol. The van der Waals surface area contributed by atoms with Crippen molar-refractivity contribution in [3.05, 3.63) is 126 Å². The molecule has 5 aliphatic rings. The summed E-state index contributed by atoms with van der Waals surface area (Å²) < 4.78 is 33.0. The number of ether oxygens (including phenoxy) is 5. The highest BCUT2D eigenvalue weighted by molar-refractivity contribution is 6.03. The fourth-order valence-electron chi connectivity index (χ4n) is 11.7. The maximum atomic E-state index is 15.2. The molecule has 2 N–H and O–H groups in total. The highest BCUT2D eigenvalue weighted by atomic mass is 16.7. The minimum Gasteiger partial charge on any atom is -0.459 e. The number of carbonyl (C=O) groups is 1. The Morgan fingerprint density at radius 2 is 1.58 bits per heavy atom. The topological polar surface area (TPSA) is 129 Å². The first-order valence-corrected chi connectivity index (χ1v) is 24.6. The average molecular weight is 911 g/mol. The van der Waals surface area contributed by atoms with Crippen molar-refractivity contribution in [3.63, 3.8) is 0 Å². The van der Waals surface area contributed by atoms with Crippen molar-refractivity contribution in [2.75, 3.05) is 33.7 Å². The lowest BCUT2D eigenvalue weighted by molar-refractivity contribution is -0.258. The molecule has 0 unspecified atom stereocenters. The third-order valence-electron chi connectivity index (χ3n) is 14.8. The van der Waals surface area contributed by atoms with Gasteiger partial charge in [-0.25, -0.2) is 0 Å². The number of amides is 1. The molecule has 4 aromatic carbocycles. The number of aliphatic hydroxyl groups is 2. The van der Waals surface area contributed by atoms with E-state index < -0.39 is 17.7 Å². The number of hydrogen-bond donors (Lipinski definition) is 2. The SMILES string of the molecule is C=CCO[C@@]12Oc3ccc(Oc4ccc(-c5ccccc5)cc4)cc3[C@H]3[C@H](CCCCO)[C@@H](CCCCO)C=C(C(=NOC)C[C@@H]1N(Cc1ccc4c(c1)OCO4)C(=O)CCC1CCCC1)[C@H]32. The van der Waals surface area contributed by atoms with Gasteiger partial charge in [0.15, 0.2) is 11.5 Å². The van der Waals surface area contributed by atoms with E-state index in [9.17, 15) is 10.2 Å². The molecule has 9 rings (SSSR count). The Morgan fingerprint density at radius 3 is 2.34 bits per heavy atom. The van der Waals surface area contributed by atoms with Crippen molar-refractivity contribution in [1.82, 2.24) is 4.90 Å². The van der Waals surface area contributed by atoms with E-state index in [-0.39, 0.29) is 56.8 Å². The largest absolute Gasteiger partial charge is 0.459 e. The van der Waals surface area contributed by atoms with Crippen LogP contribution in [0.3, 0.4) is 0 Å².